The summed E-state index contributed by atoms with van der Waals surface area (Å²) in [6.45, 7) is 0. The fourth-order valence-electron chi connectivity index (χ4n) is 2.82. The van der Waals surface area contributed by atoms with Crippen LogP contribution in [-0.2, 0) is 9.59 Å². The van der Waals surface area contributed by atoms with E-state index in [0.29, 0.717) is 5.69 Å². The highest BCUT2D eigenvalue weighted by Gasteiger charge is 2.32. The Morgan fingerprint density at radius 1 is 0.690 bits per heavy atom. The Kier molecular flexibility index (Phi) is 6.00. The van der Waals surface area contributed by atoms with Crippen molar-refractivity contribution in [3.05, 3.63) is 108 Å². The number of ketones is 2. The molecule has 5 nitrogen and oxygen atoms in total. The molecule has 1 amide bonds. The van der Waals surface area contributed by atoms with Gasteiger partial charge in [0.1, 0.15) is 11.3 Å². The fourth-order valence-corrected chi connectivity index (χ4v) is 2.82. The van der Waals surface area contributed by atoms with Gasteiger partial charge in [0, 0.05) is 23.9 Å². The average Bonchev–Trinajstić information content (AvgIpc) is 2.79. The monoisotopic (exact) mass is 385 g/mol. The zero-order chi connectivity index (χ0) is 20.8. The van der Waals surface area contributed by atoms with E-state index in [2.05, 4.69) is 0 Å². The summed E-state index contributed by atoms with van der Waals surface area (Å²) in [5.41, 5.74) is 0.413. The van der Waals surface area contributed by atoms with Crippen LogP contribution in [0.25, 0.3) is 5.76 Å². The predicted molar refractivity (Wildman–Crippen MR) is 112 cm³/mol. The molecule has 3 aromatic carbocycles. The van der Waals surface area contributed by atoms with Gasteiger partial charge in [-0.25, -0.2) is 0 Å². The van der Waals surface area contributed by atoms with E-state index in [1.54, 1.807) is 78.9 Å². The van der Waals surface area contributed by atoms with Crippen LogP contribution in [0.4, 0.5) is 5.69 Å². The molecule has 0 spiro atoms. The number of amides is 1. The molecular weight excluding hydrogens is 366 g/mol. The first-order valence-electron chi connectivity index (χ1n) is 8.96. The summed E-state index contributed by atoms with van der Waals surface area (Å²) in [6.07, 6.45) is 0. The molecule has 0 fully saturated rings. The second-order valence-corrected chi connectivity index (χ2v) is 6.31. The lowest BCUT2D eigenvalue weighted by Gasteiger charge is -2.17. The second-order valence-electron chi connectivity index (χ2n) is 6.31. The molecule has 0 aliphatic heterocycles. The van der Waals surface area contributed by atoms with Gasteiger partial charge in [0.2, 0.25) is 5.78 Å². The highest BCUT2D eigenvalue weighted by Crippen LogP contribution is 2.22. The molecule has 3 rings (SSSR count). The number of hydrogen-bond acceptors (Lipinski definition) is 4. The van der Waals surface area contributed by atoms with Crippen LogP contribution in [0.2, 0.25) is 0 Å². The van der Waals surface area contributed by atoms with Crippen LogP contribution >= 0.6 is 0 Å². The van der Waals surface area contributed by atoms with Gasteiger partial charge in [-0.3, -0.25) is 14.4 Å². The predicted octanol–water partition coefficient (Wildman–Crippen LogP) is 4.07. The van der Waals surface area contributed by atoms with Crippen LogP contribution in [0.15, 0.2) is 96.6 Å². The summed E-state index contributed by atoms with van der Waals surface area (Å²) in [7, 11) is 1.44. The van der Waals surface area contributed by atoms with Crippen LogP contribution in [0.1, 0.15) is 15.9 Å². The Morgan fingerprint density at radius 3 is 1.66 bits per heavy atom. The number of carbonyl (C=O) groups is 3. The van der Waals surface area contributed by atoms with Crippen molar-refractivity contribution >= 4 is 28.9 Å². The number of para-hydroxylation sites is 1. The topological polar surface area (TPSA) is 74.7 Å². The first-order valence-corrected chi connectivity index (χ1v) is 8.96. The molecule has 0 saturated heterocycles. The van der Waals surface area contributed by atoms with Gasteiger partial charge in [0.15, 0.2) is 0 Å². The molecule has 0 saturated carbocycles. The van der Waals surface area contributed by atoms with Gasteiger partial charge in [-0.2, -0.15) is 0 Å². The smallest absolute Gasteiger partial charge is 0.299 e. The minimum atomic E-state index is -1.08. The fraction of sp³-hybridized carbons (Fsp3) is 0.0417. The third kappa shape index (κ3) is 4.30. The maximum absolute atomic E-state index is 13.1. The van der Waals surface area contributed by atoms with Crippen LogP contribution in [0.5, 0.6) is 0 Å². The third-order valence-electron chi connectivity index (χ3n) is 4.42. The van der Waals surface area contributed by atoms with Crippen molar-refractivity contribution in [2.45, 2.75) is 0 Å². The Hall–Kier alpha value is -3.99. The summed E-state index contributed by atoms with van der Waals surface area (Å²) in [6, 6.07) is 24.9. The molecule has 144 valence electrons. The van der Waals surface area contributed by atoms with Crippen molar-refractivity contribution < 1.29 is 19.5 Å². The van der Waals surface area contributed by atoms with E-state index in [-0.39, 0.29) is 11.1 Å². The number of nitrogens with zero attached hydrogens (tertiary/aromatic N) is 1. The lowest BCUT2D eigenvalue weighted by Crippen LogP contribution is -2.36. The molecule has 0 aromatic heterocycles. The van der Waals surface area contributed by atoms with Crippen molar-refractivity contribution in [2.75, 3.05) is 11.9 Å². The minimum absolute atomic E-state index is 0.202. The van der Waals surface area contributed by atoms with Gasteiger partial charge in [0.05, 0.1) is 0 Å². The number of benzene rings is 3. The van der Waals surface area contributed by atoms with Crippen LogP contribution in [0.3, 0.4) is 0 Å². The molecule has 0 radical (unpaired) electrons. The molecule has 0 bridgehead atoms. The van der Waals surface area contributed by atoms with Crippen LogP contribution in [-0.4, -0.2) is 29.6 Å². The number of anilines is 1. The van der Waals surface area contributed by atoms with Crippen molar-refractivity contribution in [3.63, 3.8) is 0 Å². The minimum Gasteiger partial charge on any atom is -0.506 e. The summed E-state index contributed by atoms with van der Waals surface area (Å²) in [5, 5.41) is 10.8. The number of likely N-dealkylation sites (N-methyl/N-ethyl adjacent to an activating group) is 1. The van der Waals surface area contributed by atoms with Crippen LogP contribution < -0.4 is 4.90 Å². The molecule has 0 atom stereocenters. The van der Waals surface area contributed by atoms with Gasteiger partial charge in [0.25, 0.3) is 11.7 Å². The Balaban J connectivity index is 2.07. The normalized spacial score (nSPS) is 11.3. The molecule has 29 heavy (non-hydrogen) atoms. The Morgan fingerprint density at radius 2 is 1.14 bits per heavy atom. The van der Waals surface area contributed by atoms with E-state index >= 15 is 0 Å². The molecule has 5 heteroatoms. The summed E-state index contributed by atoms with van der Waals surface area (Å²) in [4.78, 5) is 40.1. The van der Waals surface area contributed by atoms with E-state index in [1.165, 1.54) is 19.2 Å². The first-order chi connectivity index (χ1) is 14.0. The summed E-state index contributed by atoms with van der Waals surface area (Å²) < 4.78 is 0. The van der Waals surface area contributed by atoms with Gasteiger partial charge < -0.3 is 10.0 Å². The van der Waals surface area contributed by atoms with Gasteiger partial charge in [-0.15, -0.1) is 0 Å². The van der Waals surface area contributed by atoms with Gasteiger partial charge in [-0.05, 0) is 12.1 Å². The quantitative estimate of drug-likeness (QED) is 0.173. The maximum Gasteiger partial charge on any atom is 0.299 e. The molecular formula is C24H19NO4. The van der Waals surface area contributed by atoms with Gasteiger partial charge in [-0.1, -0.05) is 78.9 Å². The second kappa shape index (κ2) is 8.80. The van der Waals surface area contributed by atoms with E-state index in [4.69, 9.17) is 0 Å². The van der Waals surface area contributed by atoms with Gasteiger partial charge >= 0.3 is 0 Å². The van der Waals surface area contributed by atoms with Crippen molar-refractivity contribution in [1.29, 1.82) is 0 Å². The zero-order valence-corrected chi connectivity index (χ0v) is 15.8. The van der Waals surface area contributed by atoms with Crippen molar-refractivity contribution in [2.24, 2.45) is 0 Å². The zero-order valence-electron chi connectivity index (χ0n) is 15.8. The third-order valence-corrected chi connectivity index (χ3v) is 4.42. The Bertz CT molecular complexity index is 1060. The Labute approximate surface area is 168 Å². The lowest BCUT2D eigenvalue weighted by molar-refractivity contribution is -0.133. The average molecular weight is 385 g/mol. The standard InChI is InChI=1S/C24H19NO4/c1-25(19-15-9-4-10-16-19)24(29)23(28)20(21(26)17-11-5-2-6-12-17)22(27)18-13-7-3-8-14-18/h2-16,26H,1H3/b21-20-. The largest absolute Gasteiger partial charge is 0.506 e. The first kappa shape index (κ1) is 19.8. The van der Waals surface area contributed by atoms with E-state index in [9.17, 15) is 19.5 Å². The number of carbonyl (C=O) groups excluding carboxylic acids is 3. The molecule has 0 aliphatic rings. The highest BCUT2D eigenvalue weighted by atomic mass is 16.3. The molecule has 0 heterocycles. The molecule has 0 aliphatic carbocycles. The number of Topliss-reactive ketones (excluding diaryl/α,β-unsaturated/α-hetero) is 2. The van der Waals surface area contributed by atoms with E-state index in [1.807, 2.05) is 0 Å². The van der Waals surface area contributed by atoms with Crippen molar-refractivity contribution in [3.8, 4) is 0 Å². The maximum atomic E-state index is 13.1. The summed E-state index contributed by atoms with van der Waals surface area (Å²) >= 11 is 0. The number of aliphatic hydroxyl groups is 1. The highest BCUT2D eigenvalue weighted by molar-refractivity contribution is 6.54. The van der Waals surface area contributed by atoms with E-state index < -0.39 is 28.8 Å². The lowest BCUT2D eigenvalue weighted by atomic mass is 9.95. The number of rotatable bonds is 6. The SMILES string of the molecule is CN(C(=O)C(=O)/C(C(=O)c1ccccc1)=C(\O)c1ccccc1)c1ccccc1. The van der Waals surface area contributed by atoms with Crippen LogP contribution in [0, 0.1) is 0 Å². The summed E-state index contributed by atoms with van der Waals surface area (Å²) in [5.74, 6) is -3.24. The van der Waals surface area contributed by atoms with Crippen molar-refractivity contribution in [1.82, 2.24) is 0 Å². The molecule has 1 N–H and O–H groups in total. The van der Waals surface area contributed by atoms with E-state index in [0.717, 1.165) is 4.90 Å². The number of aliphatic hydroxyl groups excluding tert-OH is 1. The number of hydrogen-bond donors (Lipinski definition) is 1. The molecule has 3 aromatic rings. The molecule has 0 unspecified atom stereocenters.